The Morgan fingerprint density at radius 2 is 2.23 bits per heavy atom. The number of thiazole rings is 1. The molecular formula is C22H27N4O3S. The maximum absolute atomic E-state index is 13.7. The Labute approximate surface area is 180 Å². The van der Waals surface area contributed by atoms with Gasteiger partial charge >= 0.3 is 0 Å². The van der Waals surface area contributed by atoms with E-state index in [-0.39, 0.29) is 17.9 Å². The van der Waals surface area contributed by atoms with E-state index >= 15 is 0 Å². The van der Waals surface area contributed by atoms with E-state index in [0.29, 0.717) is 24.3 Å². The molecule has 30 heavy (non-hydrogen) atoms. The van der Waals surface area contributed by atoms with E-state index in [1.807, 2.05) is 43.1 Å². The van der Waals surface area contributed by atoms with Crippen LogP contribution >= 0.6 is 11.3 Å². The number of primary amides is 1. The van der Waals surface area contributed by atoms with E-state index in [0.717, 1.165) is 28.5 Å². The first-order chi connectivity index (χ1) is 14.3. The normalized spacial score (nSPS) is 24.9. The van der Waals surface area contributed by atoms with Gasteiger partial charge in [-0.3, -0.25) is 9.59 Å². The maximum Gasteiger partial charge on any atom is 0.274 e. The zero-order valence-electron chi connectivity index (χ0n) is 17.6. The van der Waals surface area contributed by atoms with Gasteiger partial charge in [-0.2, -0.15) is 0 Å². The number of likely N-dealkylation sites (tertiary alicyclic amines) is 1. The van der Waals surface area contributed by atoms with Crippen LogP contribution in [0, 0.1) is 12.3 Å². The third kappa shape index (κ3) is 3.05. The van der Waals surface area contributed by atoms with Gasteiger partial charge in [-0.25, -0.2) is 4.98 Å². The van der Waals surface area contributed by atoms with Crippen molar-refractivity contribution < 1.29 is 14.3 Å². The maximum atomic E-state index is 13.7. The number of hydrogen-bond acceptors (Lipinski definition) is 6. The second-order valence-electron chi connectivity index (χ2n) is 8.07. The number of aromatic nitrogens is 1. The number of rotatable bonds is 6. The third-order valence-electron chi connectivity index (χ3n) is 6.57. The van der Waals surface area contributed by atoms with Crippen LogP contribution in [-0.2, 0) is 4.79 Å². The van der Waals surface area contributed by atoms with Crippen molar-refractivity contribution in [1.29, 1.82) is 0 Å². The molecule has 1 aromatic carbocycles. The van der Waals surface area contributed by atoms with Crippen LogP contribution in [0.1, 0.15) is 36.7 Å². The molecule has 159 valence electrons. The van der Waals surface area contributed by atoms with Crippen LogP contribution < -0.4 is 15.4 Å². The van der Waals surface area contributed by atoms with Gasteiger partial charge in [0.15, 0.2) is 5.13 Å². The summed E-state index contributed by atoms with van der Waals surface area (Å²) in [6, 6.07) is 7.12. The van der Waals surface area contributed by atoms with Gasteiger partial charge in [0.2, 0.25) is 5.91 Å². The van der Waals surface area contributed by atoms with E-state index in [2.05, 4.69) is 6.92 Å². The minimum absolute atomic E-state index is 0.0280. The first-order valence-corrected chi connectivity index (χ1v) is 11.0. The molecule has 8 heteroatoms. The Hall–Kier alpha value is -2.61. The smallest absolute Gasteiger partial charge is 0.274 e. The molecule has 1 radical (unpaired) electrons. The topological polar surface area (TPSA) is 88.8 Å². The van der Waals surface area contributed by atoms with Gasteiger partial charge in [0.1, 0.15) is 11.4 Å². The Bertz CT molecular complexity index is 991. The molecule has 1 saturated carbocycles. The molecule has 2 aliphatic rings. The van der Waals surface area contributed by atoms with Crippen molar-refractivity contribution in [2.45, 2.75) is 38.3 Å². The number of nitrogens with two attached hydrogens (primary N) is 1. The van der Waals surface area contributed by atoms with Gasteiger partial charge in [-0.05, 0) is 50.8 Å². The SMILES string of the molecule is [CH2][C@H]1N(C(=O)c2nc(N(C)CC)sc2-c2cccc(OC)c2)[C@H]2CC[C@@]1(C(N)=O)C2. The highest BCUT2D eigenvalue weighted by molar-refractivity contribution is 7.19. The fraction of sp³-hybridized carbons (Fsp3) is 0.455. The quantitative estimate of drug-likeness (QED) is 0.766. The van der Waals surface area contributed by atoms with Crippen molar-refractivity contribution in [3.05, 3.63) is 36.9 Å². The standard InChI is InChI=1S/C22H27N4O3S/c1-5-25(3)21-24-17(18(30-21)14-7-6-8-16(11-14)29-4)19(27)26-13(2)22(20(23)28)10-9-15(26)12-22/h6-8,11,13,15H,2,5,9-10,12H2,1,3-4H3,(H2,23,28)/t13-,15+,22-/m1/s1. The second kappa shape index (κ2) is 7.58. The van der Waals surface area contributed by atoms with Crippen LogP contribution in [0.15, 0.2) is 24.3 Å². The summed E-state index contributed by atoms with van der Waals surface area (Å²) in [6.45, 7) is 6.99. The molecule has 1 aliphatic carbocycles. The van der Waals surface area contributed by atoms with E-state index in [1.54, 1.807) is 12.0 Å². The van der Waals surface area contributed by atoms with Crippen LogP contribution in [0.3, 0.4) is 0 Å². The molecule has 1 aromatic heterocycles. The van der Waals surface area contributed by atoms with Crippen molar-refractivity contribution in [1.82, 2.24) is 9.88 Å². The average molecular weight is 428 g/mol. The van der Waals surface area contributed by atoms with Gasteiger partial charge in [-0.1, -0.05) is 23.5 Å². The molecule has 1 aliphatic heterocycles. The first-order valence-electron chi connectivity index (χ1n) is 10.1. The average Bonchev–Trinajstić information content (AvgIpc) is 3.45. The number of nitrogens with zero attached hydrogens (tertiary/aromatic N) is 3. The number of hydrogen-bond donors (Lipinski definition) is 1. The molecule has 7 nitrogen and oxygen atoms in total. The van der Waals surface area contributed by atoms with Crippen LogP contribution in [0.5, 0.6) is 5.75 Å². The fourth-order valence-electron chi connectivity index (χ4n) is 4.64. The van der Waals surface area contributed by atoms with Crippen LogP contribution in [0.4, 0.5) is 5.13 Å². The second-order valence-corrected chi connectivity index (χ2v) is 9.04. The number of fused-ring (bicyclic) bond motifs is 2. The summed E-state index contributed by atoms with van der Waals surface area (Å²) in [7, 11) is 3.57. The first kappa shape index (κ1) is 20.7. The lowest BCUT2D eigenvalue weighted by molar-refractivity contribution is -0.128. The summed E-state index contributed by atoms with van der Waals surface area (Å²) in [5.41, 5.74) is 6.27. The largest absolute Gasteiger partial charge is 0.497 e. The van der Waals surface area contributed by atoms with Gasteiger partial charge in [0, 0.05) is 25.7 Å². The Kier molecular flexibility index (Phi) is 5.22. The minimum atomic E-state index is -0.727. The molecule has 2 N–H and O–H groups in total. The van der Waals surface area contributed by atoms with Gasteiger partial charge in [0.05, 0.1) is 17.4 Å². The highest BCUT2D eigenvalue weighted by Crippen LogP contribution is 2.52. The molecular weight excluding hydrogens is 400 g/mol. The lowest BCUT2D eigenvalue weighted by Crippen LogP contribution is -2.51. The van der Waals surface area contributed by atoms with Crippen molar-refractivity contribution in [3.8, 4) is 16.2 Å². The molecule has 4 rings (SSSR count). The Morgan fingerprint density at radius 1 is 1.47 bits per heavy atom. The number of amides is 2. The van der Waals surface area contributed by atoms with Crippen molar-refractivity contribution in [2.75, 3.05) is 25.6 Å². The fourth-order valence-corrected chi connectivity index (χ4v) is 5.72. The van der Waals surface area contributed by atoms with Crippen molar-refractivity contribution in [3.63, 3.8) is 0 Å². The molecule has 2 fully saturated rings. The predicted molar refractivity (Wildman–Crippen MR) is 118 cm³/mol. The molecule has 2 heterocycles. The zero-order valence-corrected chi connectivity index (χ0v) is 18.4. The summed E-state index contributed by atoms with van der Waals surface area (Å²) in [5.74, 6) is 0.165. The van der Waals surface area contributed by atoms with Gasteiger partial charge < -0.3 is 20.3 Å². The number of ether oxygens (including phenoxy) is 1. The van der Waals surface area contributed by atoms with Gasteiger partial charge in [-0.15, -0.1) is 0 Å². The number of methoxy groups -OCH3 is 1. The number of carbonyl (C=O) groups is 2. The van der Waals surface area contributed by atoms with Crippen LogP contribution in [-0.4, -0.2) is 54.5 Å². The molecule has 0 unspecified atom stereocenters. The molecule has 2 aromatic rings. The van der Waals surface area contributed by atoms with Gasteiger partial charge in [0.25, 0.3) is 5.91 Å². The van der Waals surface area contributed by atoms with E-state index in [1.165, 1.54) is 11.3 Å². The van der Waals surface area contributed by atoms with Crippen LogP contribution in [0.2, 0.25) is 0 Å². The van der Waals surface area contributed by atoms with Crippen LogP contribution in [0.25, 0.3) is 10.4 Å². The lowest BCUT2D eigenvalue weighted by atomic mass is 9.80. The summed E-state index contributed by atoms with van der Waals surface area (Å²) in [6.07, 6.45) is 2.04. The van der Waals surface area contributed by atoms with E-state index in [4.69, 9.17) is 15.5 Å². The van der Waals surface area contributed by atoms with E-state index < -0.39 is 11.5 Å². The number of anilines is 1. The third-order valence-corrected chi connectivity index (χ3v) is 7.79. The Balaban J connectivity index is 1.77. The number of carbonyl (C=O) groups excluding carboxylic acids is 2. The monoisotopic (exact) mass is 427 g/mol. The summed E-state index contributed by atoms with van der Waals surface area (Å²) >= 11 is 1.48. The molecule has 2 bridgehead atoms. The summed E-state index contributed by atoms with van der Waals surface area (Å²) < 4.78 is 5.37. The van der Waals surface area contributed by atoms with Crippen molar-refractivity contribution in [2.24, 2.45) is 11.1 Å². The summed E-state index contributed by atoms with van der Waals surface area (Å²) in [5, 5.41) is 0.772. The minimum Gasteiger partial charge on any atom is -0.497 e. The van der Waals surface area contributed by atoms with Crippen molar-refractivity contribution >= 4 is 28.3 Å². The lowest BCUT2D eigenvalue weighted by Gasteiger charge is -2.37. The molecule has 2 amide bonds. The molecule has 0 spiro atoms. The highest BCUT2D eigenvalue weighted by atomic mass is 32.1. The Morgan fingerprint density at radius 3 is 2.87 bits per heavy atom. The number of benzene rings is 1. The number of piperidine rings is 1. The summed E-state index contributed by atoms with van der Waals surface area (Å²) in [4.78, 5) is 35.2. The zero-order chi connectivity index (χ0) is 21.6. The van der Waals surface area contributed by atoms with E-state index in [9.17, 15) is 9.59 Å². The highest BCUT2D eigenvalue weighted by Gasteiger charge is 2.60. The molecule has 1 saturated heterocycles. The molecule has 3 atom stereocenters. The predicted octanol–water partition coefficient (Wildman–Crippen LogP) is 2.96.